The number of amides is 1. The first-order valence-electron chi connectivity index (χ1n) is 11.7. The molecule has 0 bridgehead atoms. The average molecular weight is 470 g/mol. The first kappa shape index (κ1) is 22.7. The van der Waals surface area contributed by atoms with Gasteiger partial charge in [-0.05, 0) is 41.8 Å². The van der Waals surface area contributed by atoms with Crippen LogP contribution in [0.15, 0.2) is 77.6 Å². The van der Waals surface area contributed by atoms with Gasteiger partial charge in [0.15, 0.2) is 11.5 Å². The lowest BCUT2D eigenvalue weighted by Crippen LogP contribution is -2.30. The van der Waals surface area contributed by atoms with Gasteiger partial charge in [-0.15, -0.1) is 0 Å². The maximum absolute atomic E-state index is 13.3. The number of hydrogen-bond donors (Lipinski definition) is 0. The van der Waals surface area contributed by atoms with E-state index in [0.717, 1.165) is 23.0 Å². The quantitative estimate of drug-likeness (QED) is 0.391. The molecular weight excluding hydrogens is 442 g/mol. The monoisotopic (exact) mass is 469 g/mol. The molecule has 1 aromatic heterocycles. The molecular formula is C28H27N3O4. The van der Waals surface area contributed by atoms with Crippen LogP contribution in [0.4, 0.5) is 0 Å². The van der Waals surface area contributed by atoms with Gasteiger partial charge in [0.2, 0.25) is 12.7 Å². The van der Waals surface area contributed by atoms with Crippen molar-refractivity contribution in [3.63, 3.8) is 0 Å². The summed E-state index contributed by atoms with van der Waals surface area (Å²) in [5.41, 5.74) is 3.98. The van der Waals surface area contributed by atoms with Crippen LogP contribution in [0.2, 0.25) is 0 Å². The van der Waals surface area contributed by atoms with Gasteiger partial charge in [0, 0.05) is 33.0 Å². The van der Waals surface area contributed by atoms with Crippen LogP contribution in [0, 0.1) is 0 Å². The Labute approximate surface area is 203 Å². The summed E-state index contributed by atoms with van der Waals surface area (Å²) < 4.78 is 12.6. The van der Waals surface area contributed by atoms with E-state index >= 15 is 0 Å². The van der Waals surface area contributed by atoms with Crippen molar-refractivity contribution < 1.29 is 14.3 Å². The normalized spacial score (nSPS) is 12.1. The lowest BCUT2D eigenvalue weighted by molar-refractivity contribution is -0.130. The maximum Gasteiger partial charge on any atom is 0.272 e. The van der Waals surface area contributed by atoms with Gasteiger partial charge in [-0.3, -0.25) is 9.59 Å². The van der Waals surface area contributed by atoms with Gasteiger partial charge in [0.05, 0.1) is 11.0 Å². The van der Waals surface area contributed by atoms with Crippen LogP contribution in [0.1, 0.15) is 23.2 Å². The molecule has 7 nitrogen and oxygen atoms in total. The Balaban J connectivity index is 1.30. The SMILES string of the molecule is CN(Cc1ccc2c(c1)OCO2)C(=O)CCc1nc2ccccc2n(CCc2ccccc2)c1=O. The highest BCUT2D eigenvalue weighted by Crippen LogP contribution is 2.32. The summed E-state index contributed by atoms with van der Waals surface area (Å²) in [4.78, 5) is 32.5. The fourth-order valence-electron chi connectivity index (χ4n) is 4.33. The fraction of sp³-hybridized carbons (Fsp3) is 0.250. The zero-order valence-electron chi connectivity index (χ0n) is 19.6. The third kappa shape index (κ3) is 5.04. The Morgan fingerprint density at radius 2 is 1.71 bits per heavy atom. The van der Waals surface area contributed by atoms with E-state index in [9.17, 15) is 9.59 Å². The number of fused-ring (bicyclic) bond motifs is 2. The van der Waals surface area contributed by atoms with Crippen molar-refractivity contribution in [2.75, 3.05) is 13.8 Å². The molecule has 1 aliphatic rings. The minimum atomic E-state index is -0.133. The van der Waals surface area contributed by atoms with Gasteiger partial charge < -0.3 is 18.9 Å². The second kappa shape index (κ2) is 10.0. The molecule has 1 amide bonds. The van der Waals surface area contributed by atoms with Crippen LogP contribution in [0.25, 0.3) is 11.0 Å². The predicted octanol–water partition coefficient (Wildman–Crippen LogP) is 3.96. The smallest absolute Gasteiger partial charge is 0.272 e. The Bertz CT molecular complexity index is 1420. The van der Waals surface area contributed by atoms with Gasteiger partial charge in [-0.25, -0.2) is 4.98 Å². The Hall–Kier alpha value is -4.13. The van der Waals surface area contributed by atoms with Gasteiger partial charge in [0.25, 0.3) is 5.56 Å². The minimum Gasteiger partial charge on any atom is -0.454 e. The summed E-state index contributed by atoms with van der Waals surface area (Å²) in [7, 11) is 1.76. The lowest BCUT2D eigenvalue weighted by atomic mass is 10.1. The van der Waals surface area contributed by atoms with E-state index in [1.807, 2.05) is 60.7 Å². The first-order chi connectivity index (χ1) is 17.1. The zero-order chi connectivity index (χ0) is 24.2. The zero-order valence-corrected chi connectivity index (χ0v) is 19.6. The predicted molar refractivity (Wildman–Crippen MR) is 134 cm³/mol. The molecule has 0 fully saturated rings. The molecule has 0 atom stereocenters. The van der Waals surface area contributed by atoms with Gasteiger partial charge in [-0.2, -0.15) is 0 Å². The van der Waals surface area contributed by atoms with Gasteiger partial charge >= 0.3 is 0 Å². The largest absolute Gasteiger partial charge is 0.454 e. The number of carbonyl (C=O) groups excluding carboxylic acids is 1. The molecule has 5 rings (SSSR count). The number of ether oxygens (including phenoxy) is 2. The number of carbonyl (C=O) groups is 1. The third-order valence-corrected chi connectivity index (χ3v) is 6.25. The summed E-state index contributed by atoms with van der Waals surface area (Å²) in [5.74, 6) is 1.36. The molecule has 0 aliphatic carbocycles. The van der Waals surface area contributed by atoms with E-state index in [2.05, 4.69) is 17.1 Å². The Morgan fingerprint density at radius 1 is 0.943 bits per heavy atom. The molecule has 2 heterocycles. The van der Waals surface area contributed by atoms with Crippen molar-refractivity contribution in [2.24, 2.45) is 0 Å². The number of hydrogen-bond acceptors (Lipinski definition) is 5. The van der Waals surface area contributed by atoms with Crippen LogP contribution in [-0.2, 0) is 30.7 Å². The number of benzene rings is 3. The summed E-state index contributed by atoms with van der Waals surface area (Å²) >= 11 is 0. The van der Waals surface area contributed by atoms with E-state index in [0.29, 0.717) is 36.7 Å². The third-order valence-electron chi connectivity index (χ3n) is 6.25. The molecule has 0 saturated heterocycles. The van der Waals surface area contributed by atoms with Crippen molar-refractivity contribution >= 4 is 16.9 Å². The molecule has 35 heavy (non-hydrogen) atoms. The van der Waals surface area contributed by atoms with Crippen molar-refractivity contribution in [1.82, 2.24) is 14.5 Å². The Morgan fingerprint density at radius 3 is 2.57 bits per heavy atom. The highest BCUT2D eigenvalue weighted by molar-refractivity contribution is 5.77. The molecule has 3 aromatic carbocycles. The first-order valence-corrected chi connectivity index (χ1v) is 11.7. The molecule has 4 aromatic rings. The van der Waals surface area contributed by atoms with Crippen molar-refractivity contribution in [3.05, 3.63) is 100.0 Å². The molecule has 0 unspecified atom stereocenters. The number of para-hydroxylation sites is 2. The van der Waals surface area contributed by atoms with Crippen molar-refractivity contribution in [3.8, 4) is 11.5 Å². The molecule has 1 aliphatic heterocycles. The van der Waals surface area contributed by atoms with Crippen molar-refractivity contribution in [1.29, 1.82) is 0 Å². The molecule has 0 N–H and O–H groups in total. The van der Waals surface area contributed by atoms with E-state index in [4.69, 9.17) is 9.47 Å². The summed E-state index contributed by atoms with van der Waals surface area (Å²) in [6.45, 7) is 1.22. The maximum atomic E-state index is 13.3. The Kier molecular flexibility index (Phi) is 6.48. The molecule has 7 heteroatoms. The van der Waals surface area contributed by atoms with E-state index < -0.39 is 0 Å². The molecule has 0 saturated carbocycles. The summed E-state index contributed by atoms with van der Waals surface area (Å²) in [6, 6.07) is 23.4. The summed E-state index contributed by atoms with van der Waals surface area (Å²) in [6.07, 6.45) is 1.24. The van der Waals surface area contributed by atoms with Gasteiger partial charge in [0.1, 0.15) is 5.69 Å². The van der Waals surface area contributed by atoms with Crippen LogP contribution in [-0.4, -0.2) is 34.2 Å². The van der Waals surface area contributed by atoms with Gasteiger partial charge in [-0.1, -0.05) is 48.5 Å². The minimum absolute atomic E-state index is 0.0483. The topological polar surface area (TPSA) is 73.7 Å². The molecule has 0 radical (unpaired) electrons. The van der Waals surface area contributed by atoms with Crippen LogP contribution in [0.5, 0.6) is 11.5 Å². The van der Waals surface area contributed by atoms with Crippen LogP contribution < -0.4 is 15.0 Å². The number of aromatic nitrogens is 2. The fourth-order valence-corrected chi connectivity index (χ4v) is 4.33. The second-order valence-corrected chi connectivity index (χ2v) is 8.68. The number of rotatable bonds is 8. The molecule has 178 valence electrons. The van der Waals surface area contributed by atoms with Crippen molar-refractivity contribution in [2.45, 2.75) is 32.4 Å². The van der Waals surface area contributed by atoms with Crippen LogP contribution >= 0.6 is 0 Å². The number of nitrogens with zero attached hydrogens (tertiary/aromatic N) is 3. The van der Waals surface area contributed by atoms with Crippen LogP contribution in [0.3, 0.4) is 0 Å². The standard InChI is InChI=1S/C28H27N3O4/c1-30(18-21-11-13-25-26(17-21)35-19-34-25)27(32)14-12-23-28(33)31(16-15-20-7-3-2-4-8-20)24-10-6-5-9-22(24)29-23/h2-11,13,17H,12,14-16,18-19H2,1H3. The van der Waals surface area contributed by atoms with E-state index in [1.165, 1.54) is 5.56 Å². The average Bonchev–Trinajstić information content (AvgIpc) is 3.35. The van der Waals surface area contributed by atoms with E-state index in [1.54, 1.807) is 16.5 Å². The lowest BCUT2D eigenvalue weighted by Gasteiger charge is -2.18. The highest BCUT2D eigenvalue weighted by atomic mass is 16.7. The molecule has 0 spiro atoms. The second-order valence-electron chi connectivity index (χ2n) is 8.68. The summed E-state index contributed by atoms with van der Waals surface area (Å²) in [5, 5.41) is 0. The highest BCUT2D eigenvalue weighted by Gasteiger charge is 2.17. The number of aryl methyl sites for hydroxylation is 3. The van der Waals surface area contributed by atoms with E-state index in [-0.39, 0.29) is 24.7 Å².